The minimum atomic E-state index is 1.24. The number of rotatable bonds is 47. The van der Waals surface area contributed by atoms with Gasteiger partial charge in [-0.1, -0.05) is 222 Å². The molecule has 0 bridgehead atoms. The summed E-state index contributed by atoms with van der Waals surface area (Å²) in [5.74, 6) is 0. The van der Waals surface area contributed by atoms with Crippen LogP contribution in [0, 0.1) is 0 Å². The van der Waals surface area contributed by atoms with Crippen molar-refractivity contribution in [3.05, 3.63) is 72.4 Å². The van der Waals surface area contributed by atoms with Crippen LogP contribution in [0.5, 0.6) is 0 Å². The Morgan fingerprint density at radius 2 is 0.525 bits per heavy atom. The molecule has 59 heavy (non-hydrogen) atoms. The first-order valence-electron chi connectivity index (χ1n) is 27.1. The molecule has 0 aliphatic carbocycles. The molecular formula is C58H106N+. The van der Waals surface area contributed by atoms with Crippen molar-refractivity contribution in [2.45, 2.75) is 278 Å². The molecule has 0 heterocycles. The third-order valence-corrected chi connectivity index (χ3v) is 13.0. The standard InChI is InChI=1S/C58H106N/c1-4-7-10-13-16-19-22-25-28-31-34-37-40-43-49-54-59(57-58-52-47-46-48-53-58,55-50-44-41-38-35-32-29-26-23-20-17-14-11-8-5-2)56-51-45-42-39-36-33-30-27-24-21-18-15-12-9-6-3/h16-21,46-48,52-53H,4-15,22-45,49-51,54-57H2,1-3H3/q+1/b19-16+,20-17+,21-18+. The molecule has 0 aliphatic rings. The van der Waals surface area contributed by atoms with Gasteiger partial charge in [0.1, 0.15) is 6.54 Å². The summed E-state index contributed by atoms with van der Waals surface area (Å²) >= 11 is 0. The highest BCUT2D eigenvalue weighted by atomic mass is 15.3. The molecule has 0 aromatic heterocycles. The molecule has 0 amide bonds. The first-order chi connectivity index (χ1) is 29.3. The zero-order valence-corrected chi connectivity index (χ0v) is 40.7. The normalized spacial score (nSPS) is 12.3. The highest BCUT2D eigenvalue weighted by Gasteiger charge is 2.26. The SMILES string of the molecule is CCCCC/C=C/CCCCCCCCCC[N+](CCCCCCCCCC/C=C/CCCCC)(CCCCCCCCCC/C=C/CCCCC)Cc1ccccc1. The number of nitrogens with zero attached hydrogens (tertiary/aromatic N) is 1. The lowest BCUT2D eigenvalue weighted by atomic mass is 10.0. The van der Waals surface area contributed by atoms with Gasteiger partial charge in [-0.05, 0) is 116 Å². The minimum Gasteiger partial charge on any atom is -0.320 e. The Labute approximate surface area is 372 Å². The summed E-state index contributed by atoms with van der Waals surface area (Å²) in [5.41, 5.74) is 1.56. The van der Waals surface area contributed by atoms with E-state index in [2.05, 4.69) is 87.6 Å². The van der Waals surface area contributed by atoms with Crippen molar-refractivity contribution in [2.75, 3.05) is 19.6 Å². The van der Waals surface area contributed by atoms with E-state index in [1.807, 2.05) is 0 Å². The maximum Gasteiger partial charge on any atom is 0.104 e. The number of unbranched alkanes of at least 4 members (excludes halogenated alkanes) is 33. The fraction of sp³-hybridized carbons (Fsp3) is 0.793. The number of hydrogen-bond acceptors (Lipinski definition) is 0. The summed E-state index contributed by atoms with van der Waals surface area (Å²) in [7, 11) is 0. The predicted molar refractivity (Wildman–Crippen MR) is 270 cm³/mol. The van der Waals surface area contributed by atoms with Crippen LogP contribution in [0.4, 0.5) is 0 Å². The third-order valence-electron chi connectivity index (χ3n) is 13.0. The lowest BCUT2D eigenvalue weighted by Crippen LogP contribution is -2.49. The molecule has 1 rings (SSSR count). The molecule has 0 atom stereocenters. The molecule has 1 aromatic carbocycles. The predicted octanol–water partition coefficient (Wildman–Crippen LogP) is 19.9. The monoisotopic (exact) mass is 817 g/mol. The molecule has 0 unspecified atom stereocenters. The van der Waals surface area contributed by atoms with E-state index >= 15 is 0 Å². The summed E-state index contributed by atoms with van der Waals surface area (Å²) in [4.78, 5) is 0. The van der Waals surface area contributed by atoms with Crippen LogP contribution in [0.25, 0.3) is 0 Å². The zero-order valence-electron chi connectivity index (χ0n) is 40.7. The first-order valence-corrected chi connectivity index (χ1v) is 27.1. The second-order valence-corrected chi connectivity index (χ2v) is 18.9. The Bertz CT molecular complexity index is 921. The van der Waals surface area contributed by atoms with Crippen LogP contribution in [-0.2, 0) is 6.54 Å². The smallest absolute Gasteiger partial charge is 0.104 e. The van der Waals surface area contributed by atoms with E-state index < -0.39 is 0 Å². The summed E-state index contributed by atoms with van der Waals surface area (Å²) < 4.78 is 1.34. The van der Waals surface area contributed by atoms with Crippen LogP contribution < -0.4 is 0 Å². The highest BCUT2D eigenvalue weighted by Crippen LogP contribution is 2.23. The van der Waals surface area contributed by atoms with Gasteiger partial charge < -0.3 is 4.48 Å². The van der Waals surface area contributed by atoms with Gasteiger partial charge in [-0.15, -0.1) is 0 Å². The molecule has 1 aromatic rings. The van der Waals surface area contributed by atoms with Gasteiger partial charge in [0, 0.05) is 5.56 Å². The lowest BCUT2D eigenvalue weighted by molar-refractivity contribution is -0.941. The molecule has 0 spiro atoms. The number of allylic oxidation sites excluding steroid dienone is 6. The van der Waals surface area contributed by atoms with Crippen LogP contribution in [0.15, 0.2) is 66.8 Å². The molecule has 0 N–H and O–H groups in total. The van der Waals surface area contributed by atoms with Crippen LogP contribution in [0.1, 0.15) is 277 Å². The van der Waals surface area contributed by atoms with E-state index in [1.165, 1.54) is 281 Å². The molecule has 0 aliphatic heterocycles. The Kier molecular flexibility index (Phi) is 43.1. The van der Waals surface area contributed by atoms with E-state index in [0.717, 1.165) is 0 Å². The largest absolute Gasteiger partial charge is 0.320 e. The number of hydrogen-bond donors (Lipinski definition) is 0. The van der Waals surface area contributed by atoms with E-state index in [-0.39, 0.29) is 0 Å². The van der Waals surface area contributed by atoms with E-state index in [1.54, 1.807) is 5.56 Å². The Morgan fingerprint density at radius 3 is 0.797 bits per heavy atom. The minimum absolute atomic E-state index is 1.24. The summed E-state index contributed by atoms with van der Waals surface area (Å²) in [6.45, 7) is 12.3. The average Bonchev–Trinajstić information content (AvgIpc) is 3.25. The van der Waals surface area contributed by atoms with Gasteiger partial charge in [0.15, 0.2) is 0 Å². The fourth-order valence-electron chi connectivity index (χ4n) is 9.10. The quantitative estimate of drug-likeness (QED) is 0.0349. The summed E-state index contributed by atoms with van der Waals surface area (Å²) in [6, 6.07) is 11.6. The summed E-state index contributed by atoms with van der Waals surface area (Å²) in [5, 5.41) is 0. The van der Waals surface area contributed by atoms with Crippen LogP contribution >= 0.6 is 0 Å². The molecule has 1 nitrogen and oxygen atoms in total. The Morgan fingerprint density at radius 1 is 0.288 bits per heavy atom. The molecule has 0 fully saturated rings. The Balaban J connectivity index is 2.51. The van der Waals surface area contributed by atoms with Crippen molar-refractivity contribution < 1.29 is 4.48 Å². The van der Waals surface area contributed by atoms with Crippen molar-refractivity contribution in [1.29, 1.82) is 0 Å². The maximum atomic E-state index is 2.45. The molecular weight excluding hydrogens is 711 g/mol. The molecule has 1 heteroatoms. The van der Waals surface area contributed by atoms with Gasteiger partial charge in [-0.2, -0.15) is 0 Å². The lowest BCUT2D eigenvalue weighted by Gasteiger charge is -2.39. The van der Waals surface area contributed by atoms with Gasteiger partial charge in [0.2, 0.25) is 0 Å². The van der Waals surface area contributed by atoms with Crippen LogP contribution in [0.3, 0.4) is 0 Å². The topological polar surface area (TPSA) is 0 Å². The fourth-order valence-corrected chi connectivity index (χ4v) is 9.10. The van der Waals surface area contributed by atoms with Crippen molar-refractivity contribution in [2.24, 2.45) is 0 Å². The highest BCUT2D eigenvalue weighted by molar-refractivity contribution is 5.13. The van der Waals surface area contributed by atoms with Gasteiger partial charge in [0.25, 0.3) is 0 Å². The second kappa shape index (κ2) is 45.9. The van der Waals surface area contributed by atoms with Crippen LogP contribution in [0.2, 0.25) is 0 Å². The van der Waals surface area contributed by atoms with E-state index in [9.17, 15) is 0 Å². The average molecular weight is 817 g/mol. The molecule has 342 valence electrons. The van der Waals surface area contributed by atoms with Crippen molar-refractivity contribution >= 4 is 0 Å². The van der Waals surface area contributed by atoms with Gasteiger partial charge >= 0.3 is 0 Å². The van der Waals surface area contributed by atoms with Gasteiger partial charge in [0.05, 0.1) is 19.6 Å². The maximum absolute atomic E-state index is 2.45. The third kappa shape index (κ3) is 39.0. The van der Waals surface area contributed by atoms with Gasteiger partial charge in [-0.25, -0.2) is 0 Å². The van der Waals surface area contributed by atoms with Crippen molar-refractivity contribution in [1.82, 2.24) is 0 Å². The second-order valence-electron chi connectivity index (χ2n) is 18.9. The number of benzene rings is 1. The van der Waals surface area contributed by atoms with Crippen molar-refractivity contribution in [3.8, 4) is 0 Å². The van der Waals surface area contributed by atoms with Crippen molar-refractivity contribution in [3.63, 3.8) is 0 Å². The summed E-state index contributed by atoms with van der Waals surface area (Å²) in [6.07, 6.45) is 68.9. The zero-order chi connectivity index (χ0) is 42.3. The number of quaternary nitrogens is 1. The molecule has 0 radical (unpaired) electrons. The first kappa shape index (κ1) is 55.4. The van der Waals surface area contributed by atoms with E-state index in [0.29, 0.717) is 0 Å². The molecule has 0 saturated heterocycles. The Hall–Kier alpha value is -1.60. The van der Waals surface area contributed by atoms with Gasteiger partial charge in [-0.3, -0.25) is 0 Å². The van der Waals surface area contributed by atoms with E-state index in [4.69, 9.17) is 0 Å². The van der Waals surface area contributed by atoms with Crippen LogP contribution in [-0.4, -0.2) is 24.1 Å². The molecule has 0 saturated carbocycles.